The molecule has 4 rings (SSSR count). The number of benzene rings is 3. The second kappa shape index (κ2) is 7.82. The van der Waals surface area contributed by atoms with Crippen molar-refractivity contribution in [1.29, 1.82) is 0 Å². The SMILES string of the molecule is Cc1c(Cl)cccc1N[C@H](c1nnc(-c2ccccc2)o1)c1ccccc1F. The molecule has 0 aliphatic carbocycles. The molecule has 0 aliphatic heterocycles. The van der Waals surface area contributed by atoms with Gasteiger partial charge in [-0.05, 0) is 42.8 Å². The molecule has 0 saturated carbocycles. The van der Waals surface area contributed by atoms with E-state index in [0.717, 1.165) is 16.8 Å². The number of nitrogens with one attached hydrogen (secondary N) is 1. The first-order valence-corrected chi connectivity index (χ1v) is 9.16. The van der Waals surface area contributed by atoms with Crippen LogP contribution in [0.25, 0.3) is 11.5 Å². The van der Waals surface area contributed by atoms with Crippen LogP contribution in [0.3, 0.4) is 0 Å². The Morgan fingerprint density at radius 3 is 2.46 bits per heavy atom. The molecule has 28 heavy (non-hydrogen) atoms. The summed E-state index contributed by atoms with van der Waals surface area (Å²) in [7, 11) is 0. The van der Waals surface area contributed by atoms with Crippen molar-refractivity contribution in [1.82, 2.24) is 10.2 Å². The highest BCUT2D eigenvalue weighted by atomic mass is 35.5. The van der Waals surface area contributed by atoms with E-state index in [0.29, 0.717) is 16.5 Å². The van der Waals surface area contributed by atoms with Gasteiger partial charge in [-0.3, -0.25) is 0 Å². The van der Waals surface area contributed by atoms with Gasteiger partial charge in [0.2, 0.25) is 11.8 Å². The lowest BCUT2D eigenvalue weighted by atomic mass is 10.0. The van der Waals surface area contributed by atoms with Crippen LogP contribution in [0.15, 0.2) is 77.2 Å². The van der Waals surface area contributed by atoms with Gasteiger partial charge in [-0.15, -0.1) is 10.2 Å². The fraction of sp³-hybridized carbons (Fsp3) is 0.0909. The number of nitrogens with zero attached hydrogens (tertiary/aromatic N) is 2. The van der Waals surface area contributed by atoms with Gasteiger partial charge in [-0.25, -0.2) is 4.39 Å². The number of aromatic nitrogens is 2. The Morgan fingerprint density at radius 2 is 1.68 bits per heavy atom. The van der Waals surface area contributed by atoms with Crippen LogP contribution >= 0.6 is 11.6 Å². The van der Waals surface area contributed by atoms with Crippen molar-refractivity contribution in [3.8, 4) is 11.5 Å². The lowest BCUT2D eigenvalue weighted by Crippen LogP contribution is -2.15. The second-order valence-electron chi connectivity index (χ2n) is 6.32. The molecule has 0 aliphatic rings. The summed E-state index contributed by atoms with van der Waals surface area (Å²) < 4.78 is 20.5. The Bertz CT molecular complexity index is 1100. The van der Waals surface area contributed by atoms with Crippen molar-refractivity contribution < 1.29 is 8.81 Å². The molecular formula is C22H17ClFN3O. The van der Waals surface area contributed by atoms with E-state index in [4.69, 9.17) is 16.0 Å². The highest BCUT2D eigenvalue weighted by molar-refractivity contribution is 6.31. The van der Waals surface area contributed by atoms with Gasteiger partial charge in [0.05, 0.1) is 0 Å². The first kappa shape index (κ1) is 18.2. The maximum atomic E-state index is 14.6. The van der Waals surface area contributed by atoms with E-state index in [1.54, 1.807) is 24.3 Å². The summed E-state index contributed by atoms with van der Waals surface area (Å²) in [5, 5.41) is 12.2. The molecule has 0 unspecified atom stereocenters. The van der Waals surface area contributed by atoms with E-state index in [9.17, 15) is 4.39 Å². The maximum absolute atomic E-state index is 14.6. The van der Waals surface area contributed by atoms with Gasteiger partial charge in [0.15, 0.2) is 0 Å². The Kier molecular flexibility index (Phi) is 5.08. The van der Waals surface area contributed by atoms with Gasteiger partial charge in [-0.1, -0.05) is 54.1 Å². The van der Waals surface area contributed by atoms with Crippen molar-refractivity contribution >= 4 is 17.3 Å². The van der Waals surface area contributed by atoms with Crippen LogP contribution in [0, 0.1) is 12.7 Å². The van der Waals surface area contributed by atoms with Gasteiger partial charge in [0.1, 0.15) is 11.9 Å². The minimum atomic E-state index is -0.664. The van der Waals surface area contributed by atoms with Gasteiger partial charge >= 0.3 is 0 Å². The van der Waals surface area contributed by atoms with Gasteiger partial charge in [-0.2, -0.15) is 0 Å². The number of halogens is 2. The third-order valence-electron chi connectivity index (χ3n) is 4.49. The lowest BCUT2D eigenvalue weighted by Gasteiger charge is -2.19. The number of anilines is 1. The average molecular weight is 394 g/mol. The zero-order valence-corrected chi connectivity index (χ0v) is 15.8. The molecule has 0 fully saturated rings. The molecule has 1 N–H and O–H groups in total. The Balaban J connectivity index is 1.77. The van der Waals surface area contributed by atoms with E-state index in [-0.39, 0.29) is 11.7 Å². The molecule has 6 heteroatoms. The summed E-state index contributed by atoms with van der Waals surface area (Å²) in [6.45, 7) is 1.90. The van der Waals surface area contributed by atoms with Crippen LogP contribution in [0.1, 0.15) is 23.1 Å². The molecule has 3 aromatic carbocycles. The Labute approximate surface area is 167 Å². The number of hydrogen-bond donors (Lipinski definition) is 1. The summed E-state index contributed by atoms with van der Waals surface area (Å²) in [5.41, 5.74) is 2.83. The quantitative estimate of drug-likeness (QED) is 0.449. The van der Waals surface area contributed by atoms with E-state index in [1.807, 2.05) is 49.4 Å². The van der Waals surface area contributed by atoms with Gasteiger partial charge in [0.25, 0.3) is 0 Å². The fourth-order valence-corrected chi connectivity index (χ4v) is 3.12. The second-order valence-corrected chi connectivity index (χ2v) is 6.73. The predicted molar refractivity (Wildman–Crippen MR) is 108 cm³/mol. The first-order chi connectivity index (χ1) is 13.6. The van der Waals surface area contributed by atoms with Crippen LogP contribution in [-0.4, -0.2) is 10.2 Å². The van der Waals surface area contributed by atoms with Crippen LogP contribution in [-0.2, 0) is 0 Å². The fourth-order valence-electron chi connectivity index (χ4n) is 2.95. The number of hydrogen-bond acceptors (Lipinski definition) is 4. The van der Waals surface area contributed by atoms with E-state index < -0.39 is 6.04 Å². The third kappa shape index (κ3) is 3.62. The summed E-state index contributed by atoms with van der Waals surface area (Å²) in [6, 6.07) is 20.8. The van der Waals surface area contributed by atoms with E-state index >= 15 is 0 Å². The van der Waals surface area contributed by atoms with Gasteiger partial charge < -0.3 is 9.73 Å². The molecule has 0 saturated heterocycles. The first-order valence-electron chi connectivity index (χ1n) is 8.78. The Morgan fingerprint density at radius 1 is 0.929 bits per heavy atom. The minimum Gasteiger partial charge on any atom is -0.418 e. The molecule has 4 aromatic rings. The van der Waals surface area contributed by atoms with Crippen molar-refractivity contribution in [2.45, 2.75) is 13.0 Å². The predicted octanol–water partition coefficient (Wildman–Crippen LogP) is 6.04. The Hall–Kier alpha value is -3.18. The molecule has 1 heterocycles. The lowest BCUT2D eigenvalue weighted by molar-refractivity contribution is 0.485. The normalized spacial score (nSPS) is 12.0. The molecule has 1 aromatic heterocycles. The largest absolute Gasteiger partial charge is 0.418 e. The summed E-state index contributed by atoms with van der Waals surface area (Å²) in [5.74, 6) is 0.282. The van der Waals surface area contributed by atoms with Crippen LogP contribution < -0.4 is 5.32 Å². The minimum absolute atomic E-state index is 0.267. The van der Waals surface area contributed by atoms with E-state index in [1.165, 1.54) is 6.07 Å². The number of rotatable bonds is 5. The monoisotopic (exact) mass is 393 g/mol. The van der Waals surface area contributed by atoms with Gasteiger partial charge in [0, 0.05) is 21.8 Å². The average Bonchev–Trinajstić information content (AvgIpc) is 3.20. The summed E-state index contributed by atoms with van der Waals surface area (Å²) in [6.07, 6.45) is 0. The molecule has 1 atom stereocenters. The topological polar surface area (TPSA) is 51.0 Å². The molecular weight excluding hydrogens is 377 g/mol. The highest BCUT2D eigenvalue weighted by Gasteiger charge is 2.25. The maximum Gasteiger partial charge on any atom is 0.247 e. The van der Waals surface area contributed by atoms with Crippen LogP contribution in [0.2, 0.25) is 5.02 Å². The van der Waals surface area contributed by atoms with E-state index in [2.05, 4.69) is 15.5 Å². The molecule has 0 amide bonds. The van der Waals surface area contributed by atoms with Crippen LogP contribution in [0.5, 0.6) is 0 Å². The standard InChI is InChI=1S/C22H17ClFN3O/c1-14-17(23)11-7-13-19(14)25-20(16-10-5-6-12-18(16)24)22-27-26-21(28-22)15-8-3-2-4-9-15/h2-13,20,25H,1H3/t20-/m0/s1. The highest BCUT2D eigenvalue weighted by Crippen LogP contribution is 2.32. The molecule has 0 radical (unpaired) electrons. The van der Waals surface area contributed by atoms with Crippen molar-refractivity contribution in [2.24, 2.45) is 0 Å². The van der Waals surface area contributed by atoms with Crippen molar-refractivity contribution in [3.63, 3.8) is 0 Å². The van der Waals surface area contributed by atoms with Crippen molar-refractivity contribution in [3.05, 3.63) is 101 Å². The van der Waals surface area contributed by atoms with Crippen molar-refractivity contribution in [2.75, 3.05) is 5.32 Å². The van der Waals surface area contributed by atoms with Crippen LogP contribution in [0.4, 0.5) is 10.1 Å². The zero-order valence-electron chi connectivity index (χ0n) is 15.1. The zero-order chi connectivity index (χ0) is 19.5. The summed E-state index contributed by atoms with van der Waals surface area (Å²) >= 11 is 6.24. The molecule has 0 spiro atoms. The molecule has 140 valence electrons. The summed E-state index contributed by atoms with van der Waals surface area (Å²) in [4.78, 5) is 0. The third-order valence-corrected chi connectivity index (χ3v) is 4.90. The molecule has 0 bridgehead atoms. The molecule has 4 nitrogen and oxygen atoms in total. The smallest absolute Gasteiger partial charge is 0.247 e.